The zero-order chi connectivity index (χ0) is 13.1. The first-order chi connectivity index (χ1) is 8.56. The van der Waals surface area contributed by atoms with E-state index < -0.39 is 6.04 Å². The molecule has 1 amide bonds. The fourth-order valence-corrected chi connectivity index (χ4v) is 2.73. The molecule has 1 fully saturated rings. The van der Waals surface area contributed by atoms with Crippen LogP contribution >= 0.6 is 11.3 Å². The number of thiazole rings is 1. The highest BCUT2D eigenvalue weighted by Crippen LogP contribution is 2.12. The van der Waals surface area contributed by atoms with Gasteiger partial charge in [-0.15, -0.1) is 11.3 Å². The number of carbonyl (C=O) groups is 1. The minimum Gasteiger partial charge on any atom is -0.339 e. The van der Waals surface area contributed by atoms with Crippen LogP contribution in [0.25, 0.3) is 0 Å². The SMILES string of the molecule is Cc1nc(CN2CCN(C(=O)[C@@H](C)N)CC2)cs1. The van der Waals surface area contributed by atoms with Crippen LogP contribution in [0.5, 0.6) is 0 Å². The Balaban J connectivity index is 1.82. The van der Waals surface area contributed by atoms with Crippen molar-refractivity contribution in [2.45, 2.75) is 26.4 Å². The maximum absolute atomic E-state index is 11.7. The Labute approximate surface area is 112 Å². The minimum absolute atomic E-state index is 0.0548. The number of carbonyl (C=O) groups excluding carboxylic acids is 1. The Morgan fingerprint density at radius 1 is 1.50 bits per heavy atom. The molecule has 18 heavy (non-hydrogen) atoms. The van der Waals surface area contributed by atoms with Gasteiger partial charge in [0.05, 0.1) is 16.7 Å². The minimum atomic E-state index is -0.391. The average Bonchev–Trinajstić information content (AvgIpc) is 2.75. The molecule has 1 aromatic rings. The summed E-state index contributed by atoms with van der Waals surface area (Å²) in [6.45, 7) is 7.97. The molecule has 1 saturated heterocycles. The molecule has 6 heteroatoms. The summed E-state index contributed by atoms with van der Waals surface area (Å²) in [4.78, 5) is 20.4. The van der Waals surface area contributed by atoms with Crippen LogP contribution in [0.15, 0.2) is 5.38 Å². The lowest BCUT2D eigenvalue weighted by Gasteiger charge is -2.35. The van der Waals surface area contributed by atoms with Crippen molar-refractivity contribution >= 4 is 17.2 Å². The van der Waals surface area contributed by atoms with Gasteiger partial charge in [0.2, 0.25) is 5.91 Å². The molecular weight excluding hydrogens is 248 g/mol. The molecule has 0 saturated carbocycles. The second kappa shape index (κ2) is 5.77. The number of rotatable bonds is 3. The molecule has 5 nitrogen and oxygen atoms in total. The summed E-state index contributed by atoms with van der Waals surface area (Å²) in [6.07, 6.45) is 0. The first-order valence-corrected chi connectivity index (χ1v) is 7.12. The maximum atomic E-state index is 11.7. The summed E-state index contributed by atoms with van der Waals surface area (Å²) in [7, 11) is 0. The van der Waals surface area contributed by atoms with Gasteiger partial charge in [-0.25, -0.2) is 4.98 Å². The number of amides is 1. The van der Waals surface area contributed by atoms with E-state index in [4.69, 9.17) is 5.73 Å². The molecule has 0 aromatic carbocycles. The molecule has 0 aliphatic carbocycles. The molecule has 0 radical (unpaired) electrons. The van der Waals surface area contributed by atoms with Gasteiger partial charge in [-0.1, -0.05) is 0 Å². The van der Waals surface area contributed by atoms with E-state index in [0.29, 0.717) is 0 Å². The van der Waals surface area contributed by atoms with Crippen LogP contribution in [-0.2, 0) is 11.3 Å². The highest BCUT2D eigenvalue weighted by molar-refractivity contribution is 7.09. The topological polar surface area (TPSA) is 62.5 Å². The molecule has 1 atom stereocenters. The normalized spacial score (nSPS) is 18.9. The van der Waals surface area contributed by atoms with E-state index >= 15 is 0 Å². The lowest BCUT2D eigenvalue weighted by Crippen LogP contribution is -2.52. The number of nitrogens with two attached hydrogens (primary N) is 1. The van der Waals surface area contributed by atoms with Crippen LogP contribution in [0.4, 0.5) is 0 Å². The third-order valence-corrected chi connectivity index (χ3v) is 3.95. The van der Waals surface area contributed by atoms with E-state index in [1.807, 2.05) is 11.8 Å². The Morgan fingerprint density at radius 3 is 2.67 bits per heavy atom. The molecule has 1 aliphatic heterocycles. The summed E-state index contributed by atoms with van der Waals surface area (Å²) in [5, 5.41) is 3.21. The quantitative estimate of drug-likeness (QED) is 0.864. The van der Waals surface area contributed by atoms with Crippen molar-refractivity contribution in [2.75, 3.05) is 26.2 Å². The highest BCUT2D eigenvalue weighted by Gasteiger charge is 2.23. The third-order valence-electron chi connectivity index (χ3n) is 3.13. The summed E-state index contributed by atoms with van der Waals surface area (Å²) >= 11 is 1.68. The van der Waals surface area contributed by atoms with Gasteiger partial charge in [-0.05, 0) is 13.8 Å². The summed E-state index contributed by atoms with van der Waals surface area (Å²) in [5.74, 6) is 0.0548. The molecule has 100 valence electrons. The molecule has 2 N–H and O–H groups in total. The van der Waals surface area contributed by atoms with Crippen molar-refractivity contribution in [3.05, 3.63) is 16.1 Å². The van der Waals surface area contributed by atoms with E-state index in [0.717, 1.165) is 43.4 Å². The fraction of sp³-hybridized carbons (Fsp3) is 0.667. The molecule has 1 aromatic heterocycles. The second-order valence-electron chi connectivity index (χ2n) is 4.75. The first-order valence-electron chi connectivity index (χ1n) is 6.24. The number of aromatic nitrogens is 1. The Hall–Kier alpha value is -0.980. The van der Waals surface area contributed by atoms with E-state index in [-0.39, 0.29) is 5.91 Å². The lowest BCUT2D eigenvalue weighted by atomic mass is 10.2. The van der Waals surface area contributed by atoms with Crippen LogP contribution in [0.3, 0.4) is 0 Å². The Morgan fingerprint density at radius 2 is 2.17 bits per heavy atom. The molecule has 1 aliphatic rings. The standard InChI is InChI=1S/C12H20N4OS/c1-9(13)12(17)16-5-3-15(4-6-16)7-11-8-18-10(2)14-11/h8-9H,3-7,13H2,1-2H3/t9-/m1/s1. The van der Waals surface area contributed by atoms with Gasteiger partial charge in [0.1, 0.15) is 0 Å². The average molecular weight is 268 g/mol. The molecule has 0 unspecified atom stereocenters. The predicted molar refractivity (Wildman–Crippen MR) is 72.4 cm³/mol. The number of hydrogen-bond acceptors (Lipinski definition) is 5. The van der Waals surface area contributed by atoms with E-state index in [1.165, 1.54) is 0 Å². The fourth-order valence-electron chi connectivity index (χ4n) is 2.12. The lowest BCUT2D eigenvalue weighted by molar-refractivity contribution is -0.134. The van der Waals surface area contributed by atoms with Gasteiger partial charge in [0, 0.05) is 38.1 Å². The van der Waals surface area contributed by atoms with Crippen molar-refractivity contribution < 1.29 is 4.79 Å². The molecule has 2 heterocycles. The van der Waals surface area contributed by atoms with Crippen molar-refractivity contribution in [2.24, 2.45) is 5.73 Å². The van der Waals surface area contributed by atoms with Crippen molar-refractivity contribution in [1.82, 2.24) is 14.8 Å². The summed E-state index contributed by atoms with van der Waals surface area (Å²) in [6, 6.07) is -0.391. The van der Waals surface area contributed by atoms with Gasteiger partial charge in [-0.3, -0.25) is 9.69 Å². The van der Waals surface area contributed by atoms with Gasteiger partial charge < -0.3 is 10.6 Å². The van der Waals surface area contributed by atoms with Crippen molar-refractivity contribution in [3.8, 4) is 0 Å². The molecule has 2 rings (SSSR count). The van der Waals surface area contributed by atoms with E-state index in [2.05, 4.69) is 15.3 Å². The molecular formula is C12H20N4OS. The largest absolute Gasteiger partial charge is 0.339 e. The van der Waals surface area contributed by atoms with Crippen LogP contribution in [0.2, 0.25) is 0 Å². The second-order valence-corrected chi connectivity index (χ2v) is 5.81. The predicted octanol–water partition coefficient (Wildman–Crippen LogP) is 0.443. The van der Waals surface area contributed by atoms with E-state index in [1.54, 1.807) is 18.3 Å². The molecule has 0 spiro atoms. The Kier molecular flexibility index (Phi) is 4.31. The van der Waals surface area contributed by atoms with Crippen LogP contribution in [0, 0.1) is 6.92 Å². The number of aryl methyl sites for hydroxylation is 1. The monoisotopic (exact) mass is 268 g/mol. The van der Waals surface area contributed by atoms with Crippen LogP contribution < -0.4 is 5.73 Å². The Bertz CT molecular complexity index is 410. The summed E-state index contributed by atoms with van der Waals surface area (Å²) in [5.41, 5.74) is 6.74. The van der Waals surface area contributed by atoms with Crippen LogP contribution in [0.1, 0.15) is 17.6 Å². The van der Waals surface area contributed by atoms with E-state index in [9.17, 15) is 4.79 Å². The van der Waals surface area contributed by atoms with Gasteiger partial charge in [0.25, 0.3) is 0 Å². The number of nitrogens with zero attached hydrogens (tertiary/aromatic N) is 3. The summed E-state index contributed by atoms with van der Waals surface area (Å²) < 4.78 is 0. The molecule has 0 bridgehead atoms. The number of piperazine rings is 1. The maximum Gasteiger partial charge on any atom is 0.239 e. The van der Waals surface area contributed by atoms with Gasteiger partial charge in [0.15, 0.2) is 0 Å². The van der Waals surface area contributed by atoms with Gasteiger partial charge in [-0.2, -0.15) is 0 Å². The smallest absolute Gasteiger partial charge is 0.239 e. The van der Waals surface area contributed by atoms with Crippen molar-refractivity contribution in [1.29, 1.82) is 0 Å². The van der Waals surface area contributed by atoms with Gasteiger partial charge >= 0.3 is 0 Å². The first kappa shape index (κ1) is 13.5. The zero-order valence-corrected chi connectivity index (χ0v) is 11.7. The van der Waals surface area contributed by atoms with Crippen molar-refractivity contribution in [3.63, 3.8) is 0 Å². The zero-order valence-electron chi connectivity index (χ0n) is 10.9. The highest BCUT2D eigenvalue weighted by atomic mass is 32.1. The third kappa shape index (κ3) is 3.28. The van der Waals surface area contributed by atoms with Crippen LogP contribution in [-0.4, -0.2) is 52.9 Å². The number of hydrogen-bond donors (Lipinski definition) is 1.